The fourth-order valence-corrected chi connectivity index (χ4v) is 22.8. The predicted molar refractivity (Wildman–Crippen MR) is 420 cm³/mol. The Morgan fingerprint density at radius 3 is 1.56 bits per heavy atom. The number of methoxy groups -OCH3 is 3. The molecule has 103 heavy (non-hydrogen) atoms. The van der Waals surface area contributed by atoms with Gasteiger partial charge in [0.1, 0.15) is 17.2 Å². The van der Waals surface area contributed by atoms with Crippen LogP contribution >= 0.6 is 11.6 Å². The smallest absolute Gasteiger partial charge is 0.175 e. The van der Waals surface area contributed by atoms with E-state index in [0.717, 1.165) is 133 Å². The first-order chi connectivity index (χ1) is 50.1. The summed E-state index contributed by atoms with van der Waals surface area (Å²) in [6.07, 6.45) is 33.4. The minimum Gasteiger partial charge on any atom is -0.497 e. The van der Waals surface area contributed by atoms with E-state index in [4.69, 9.17) is 30.5 Å². The van der Waals surface area contributed by atoms with Crippen molar-refractivity contribution in [3.63, 3.8) is 0 Å². The van der Waals surface area contributed by atoms with E-state index in [0.29, 0.717) is 40.5 Å². The van der Waals surface area contributed by atoms with E-state index in [1.165, 1.54) is 202 Å². The Morgan fingerprint density at radius 2 is 0.990 bits per heavy atom. The predicted octanol–water partition coefficient (Wildman–Crippen LogP) is 19.1. The van der Waals surface area contributed by atoms with Gasteiger partial charge in [-0.25, -0.2) is 8.42 Å². The van der Waals surface area contributed by atoms with Crippen molar-refractivity contribution in [2.75, 3.05) is 93.2 Å². The van der Waals surface area contributed by atoms with Gasteiger partial charge in [-0.2, -0.15) is 0 Å². The van der Waals surface area contributed by atoms with Crippen molar-refractivity contribution in [2.24, 2.45) is 35.5 Å². The third kappa shape index (κ3) is 17.5. The molecule has 5 aliphatic heterocycles. The topological polar surface area (TPSA) is 104 Å². The van der Waals surface area contributed by atoms with Crippen LogP contribution in [0.4, 0.5) is 0 Å². The van der Waals surface area contributed by atoms with E-state index in [2.05, 4.69) is 118 Å². The summed E-state index contributed by atoms with van der Waals surface area (Å²) in [4.78, 5) is 11.4. The van der Waals surface area contributed by atoms with Gasteiger partial charge in [-0.15, -0.1) is 0 Å². The van der Waals surface area contributed by atoms with E-state index < -0.39 is 15.4 Å². The van der Waals surface area contributed by atoms with Gasteiger partial charge in [0.2, 0.25) is 0 Å². The van der Waals surface area contributed by atoms with Crippen molar-refractivity contribution in [3.8, 4) is 39.5 Å². The van der Waals surface area contributed by atoms with Crippen LogP contribution < -0.4 is 14.2 Å². The first kappa shape index (κ1) is 74.6. The zero-order chi connectivity index (χ0) is 71.2. The lowest BCUT2D eigenvalue weighted by molar-refractivity contribution is -0.0513. The zero-order valence-electron chi connectivity index (χ0n) is 63.1. The number of halogens is 1. The van der Waals surface area contributed by atoms with Crippen LogP contribution in [-0.2, 0) is 20.2 Å². The third-order valence-electron chi connectivity index (χ3n) is 27.7. The number of piperidine rings is 4. The monoisotopic (exact) mass is 1440 g/mol. The number of fused-ring (bicyclic) bond motifs is 6. The number of aryl methyl sites for hydroxylation is 2. The summed E-state index contributed by atoms with van der Waals surface area (Å²) < 4.78 is 45.5. The number of hydrogen-bond acceptors (Lipinski definition) is 11. The van der Waals surface area contributed by atoms with Crippen LogP contribution in [0.25, 0.3) is 22.3 Å². The number of likely N-dealkylation sites (tertiary alicyclic amines) is 4. The molecule has 0 amide bonds. The van der Waals surface area contributed by atoms with Crippen LogP contribution in [-0.4, -0.2) is 150 Å². The number of ether oxygens (including phenoxy) is 4. The van der Waals surface area contributed by atoms with Crippen LogP contribution in [0, 0.1) is 49.4 Å². The molecule has 6 saturated carbocycles. The van der Waals surface area contributed by atoms with Crippen LogP contribution in [0.3, 0.4) is 0 Å². The molecule has 0 radical (unpaired) electrons. The van der Waals surface area contributed by atoms with Gasteiger partial charge in [0, 0.05) is 67.3 Å². The largest absolute Gasteiger partial charge is 0.497 e. The first-order valence-corrected chi connectivity index (χ1v) is 42.7. The molecule has 1 N–H and O–H groups in total. The standard InChI is InChI=1S/C26H33NO3S.C25H31N.C22H33NO.C17H24ClNO3/c1-30-26-10-7-21(19-5-8-23(9-6-19)31(2,28)29)17-24(26)20-11-13-27(14-12-20)25-16-18-3-4-22(25)15-18;1-18-6-2-3-7-22(18)24-9-5-4-8-23(24)20-12-14-26(15-13-20)25-17-19-10-11-21(25)16-19;1-16-14-20(24-2)8-9-21(16)18-10-12-23(13-11-18)22-5-3-4-17-6-7-19(22)15-17;1-21-16-3-2-13(18)12-15(16)17(20)6-8-19(9-7-17)14-4-10-22-11-5-14/h5-10,17-18,20,22,25H,3-4,11-16H2,1-2H3;2-9,19-21,25H,10-17H2,1H3;8-9,14,17-19,22H,3-7,10-13,15H2,1-2H3;2-3,12,14,20H,4-11H2,1H3/t18-,22?,25-;19-,21?,25-;17-,19?,22?;/m000./s1. The van der Waals surface area contributed by atoms with Gasteiger partial charge in [-0.3, -0.25) is 4.90 Å². The van der Waals surface area contributed by atoms with Crippen LogP contribution in [0.2, 0.25) is 5.02 Å². The Balaban J connectivity index is 0.000000117. The maximum Gasteiger partial charge on any atom is 0.175 e. The molecule has 6 bridgehead atoms. The van der Waals surface area contributed by atoms with E-state index >= 15 is 0 Å². The van der Waals surface area contributed by atoms with E-state index in [9.17, 15) is 13.5 Å². The van der Waals surface area contributed by atoms with Gasteiger partial charge in [0.15, 0.2) is 9.84 Å². The Hall–Kier alpha value is -5.28. The Morgan fingerprint density at radius 1 is 0.456 bits per heavy atom. The van der Waals surface area contributed by atoms with Gasteiger partial charge in [0.25, 0.3) is 0 Å². The maximum absolute atomic E-state index is 11.8. The minimum atomic E-state index is -3.18. The van der Waals surface area contributed by atoms with E-state index in [1.54, 1.807) is 50.7 Å². The van der Waals surface area contributed by atoms with Gasteiger partial charge < -0.3 is 38.8 Å². The van der Waals surface area contributed by atoms with Crippen molar-refractivity contribution >= 4 is 21.4 Å². The third-order valence-corrected chi connectivity index (χ3v) is 29.0. The molecular formula is C90H121ClN4O7S. The first-order valence-electron chi connectivity index (χ1n) is 40.5. The molecule has 556 valence electrons. The molecule has 5 heterocycles. The van der Waals surface area contributed by atoms with Crippen molar-refractivity contribution in [1.29, 1.82) is 0 Å². The maximum atomic E-state index is 11.8. The van der Waals surface area contributed by atoms with E-state index in [-0.39, 0.29) is 0 Å². The minimum absolute atomic E-state index is 0.359. The Labute approximate surface area is 624 Å². The van der Waals surface area contributed by atoms with Gasteiger partial charge >= 0.3 is 0 Å². The van der Waals surface area contributed by atoms with E-state index in [1.807, 2.05) is 24.3 Å². The average Bonchev–Trinajstić information content (AvgIpc) is 1.68. The molecule has 13 heteroatoms. The number of benzene rings is 6. The Kier molecular flexibility index (Phi) is 24.5. The quantitative estimate of drug-likeness (QED) is 0.113. The summed E-state index contributed by atoms with van der Waals surface area (Å²) in [6, 6.07) is 47.0. The summed E-state index contributed by atoms with van der Waals surface area (Å²) in [5, 5.41) is 11.7. The highest BCUT2D eigenvalue weighted by molar-refractivity contribution is 7.90. The second kappa shape index (κ2) is 33.9. The number of sulfone groups is 1. The van der Waals surface area contributed by atoms with Crippen LogP contribution in [0.15, 0.2) is 132 Å². The zero-order valence-corrected chi connectivity index (χ0v) is 64.7. The second-order valence-corrected chi connectivity index (χ2v) is 35.9. The number of aliphatic hydroxyl groups is 1. The molecule has 17 rings (SSSR count). The van der Waals surface area contributed by atoms with Gasteiger partial charge in [-0.05, 0) is 333 Å². The summed E-state index contributed by atoms with van der Waals surface area (Å²) in [5.74, 6) is 10.8. The molecular weight excluding hydrogens is 1320 g/mol. The Bertz CT molecular complexity index is 3870. The van der Waals surface area contributed by atoms with Crippen molar-refractivity contribution in [3.05, 3.63) is 166 Å². The molecule has 11 nitrogen and oxygen atoms in total. The lowest BCUT2D eigenvalue weighted by atomic mass is 9.82. The van der Waals surface area contributed by atoms with Crippen molar-refractivity contribution in [2.45, 2.75) is 220 Å². The summed E-state index contributed by atoms with van der Waals surface area (Å²) >= 11 is 6.11. The number of nitrogens with zero attached hydrogens (tertiary/aromatic N) is 4. The van der Waals surface area contributed by atoms with Crippen molar-refractivity contribution < 1.29 is 32.5 Å². The van der Waals surface area contributed by atoms with Gasteiger partial charge in [0.05, 0.1) is 31.8 Å². The lowest BCUT2D eigenvalue weighted by Crippen LogP contribution is -2.48. The highest BCUT2D eigenvalue weighted by Gasteiger charge is 2.46. The van der Waals surface area contributed by atoms with Crippen molar-refractivity contribution in [1.82, 2.24) is 19.6 Å². The normalized spacial score (nSPS) is 27.9. The summed E-state index contributed by atoms with van der Waals surface area (Å²) in [5.41, 5.74) is 12.2. The highest BCUT2D eigenvalue weighted by atomic mass is 35.5. The molecule has 0 aromatic heterocycles. The average molecular weight is 1440 g/mol. The molecule has 4 unspecified atom stereocenters. The molecule has 6 aliphatic carbocycles. The molecule has 11 fully saturated rings. The molecule has 6 aromatic carbocycles. The number of rotatable bonds is 14. The molecule has 9 atom stereocenters. The fraction of sp³-hybridized carbons (Fsp3) is 0.600. The molecule has 5 saturated heterocycles. The lowest BCUT2D eigenvalue weighted by Gasteiger charge is -2.43. The summed E-state index contributed by atoms with van der Waals surface area (Å²) in [6.45, 7) is 15.6. The molecule has 6 aromatic rings. The highest BCUT2D eigenvalue weighted by Crippen LogP contribution is 2.51. The van der Waals surface area contributed by atoms with Gasteiger partial charge in [-0.1, -0.05) is 117 Å². The number of hydrogen-bond donors (Lipinski definition) is 1. The molecule has 0 spiro atoms. The van der Waals surface area contributed by atoms with Crippen LogP contribution in [0.1, 0.15) is 205 Å². The fourth-order valence-electron chi connectivity index (χ4n) is 22.0. The van der Waals surface area contributed by atoms with Crippen LogP contribution in [0.5, 0.6) is 17.2 Å². The molecule has 11 aliphatic rings. The summed E-state index contributed by atoms with van der Waals surface area (Å²) in [7, 11) is 1.97. The SMILES string of the molecule is COc1ccc(-c2ccc(S(C)(=O)=O)cc2)cc1C1CCN([C@H]2C[C@H]3CCC2C3)CC1.COc1ccc(C2CCN(C3CCC[C@H]4CCC3C4)CC2)c(C)c1.COc1ccc(Cl)cc1C1(O)CCN(C2CCOCC2)CC1.Cc1ccccc1-c1ccccc1C1CCN([C@H]2C[C@H]3CCC2C3)CC1. The second-order valence-electron chi connectivity index (χ2n) is 33.5.